The number of aromatic amines is 1. The molecular weight excluding hydrogens is 491 g/mol. The van der Waals surface area contributed by atoms with Crippen LogP contribution in [0, 0.1) is 5.82 Å². The zero-order chi connectivity index (χ0) is 22.9. The van der Waals surface area contributed by atoms with Gasteiger partial charge in [-0.05, 0) is 46.6 Å². The van der Waals surface area contributed by atoms with Crippen LogP contribution in [0.5, 0.6) is 0 Å². The molecule has 10 heteroatoms. The van der Waals surface area contributed by atoms with Gasteiger partial charge in [0.1, 0.15) is 5.82 Å². The molecule has 1 aliphatic heterocycles. The third kappa shape index (κ3) is 4.21. The second-order valence-electron chi connectivity index (χ2n) is 7.75. The van der Waals surface area contributed by atoms with E-state index in [0.717, 1.165) is 4.47 Å². The van der Waals surface area contributed by atoms with Gasteiger partial charge in [0.05, 0.1) is 21.1 Å². The highest BCUT2D eigenvalue weighted by atomic mass is 79.9. The van der Waals surface area contributed by atoms with E-state index in [-0.39, 0.29) is 17.2 Å². The summed E-state index contributed by atoms with van der Waals surface area (Å²) in [4.78, 5) is 35.2. The number of fused-ring (bicyclic) bond motifs is 1. The fraction of sp³-hybridized carbons (Fsp3) is 0.174. The molecule has 8 nitrogen and oxygen atoms in total. The molecule has 1 amide bonds. The summed E-state index contributed by atoms with van der Waals surface area (Å²) in [7, 11) is 0. The maximum Gasteiger partial charge on any atom is 0.272 e. The van der Waals surface area contributed by atoms with Gasteiger partial charge < -0.3 is 10.2 Å². The normalized spacial score (nSPS) is 15.7. The maximum atomic E-state index is 14.7. The number of rotatable bonds is 4. The van der Waals surface area contributed by atoms with Gasteiger partial charge in [-0.25, -0.2) is 19.5 Å². The first-order valence-electron chi connectivity index (χ1n) is 10.3. The van der Waals surface area contributed by atoms with E-state index in [1.807, 2.05) is 0 Å². The van der Waals surface area contributed by atoms with Gasteiger partial charge in [-0.15, -0.1) is 0 Å². The molecule has 0 spiro atoms. The molecule has 1 aliphatic rings. The van der Waals surface area contributed by atoms with Crippen LogP contribution in [-0.4, -0.2) is 50.1 Å². The van der Waals surface area contributed by atoms with Gasteiger partial charge >= 0.3 is 0 Å². The van der Waals surface area contributed by atoms with Gasteiger partial charge in [0, 0.05) is 42.5 Å². The number of halogens is 2. The summed E-state index contributed by atoms with van der Waals surface area (Å²) >= 11 is 3.30. The summed E-state index contributed by atoms with van der Waals surface area (Å²) in [6, 6.07) is 11.3. The number of aromatic nitrogens is 4. The summed E-state index contributed by atoms with van der Waals surface area (Å²) in [6.07, 6.45) is 3.98. The Hall–Kier alpha value is -3.66. The van der Waals surface area contributed by atoms with E-state index in [9.17, 15) is 14.0 Å². The van der Waals surface area contributed by atoms with Crippen LogP contribution < -0.4 is 10.9 Å². The molecule has 3 heterocycles. The van der Waals surface area contributed by atoms with Gasteiger partial charge in [0.2, 0.25) is 5.95 Å². The molecule has 1 fully saturated rings. The second-order valence-corrected chi connectivity index (χ2v) is 8.66. The molecule has 33 heavy (non-hydrogen) atoms. The van der Waals surface area contributed by atoms with E-state index in [0.29, 0.717) is 47.5 Å². The van der Waals surface area contributed by atoms with Crippen molar-refractivity contribution in [2.45, 2.75) is 12.5 Å². The molecular formula is C23H18BrFN6O2. The van der Waals surface area contributed by atoms with Crippen molar-refractivity contribution in [3.8, 4) is 11.3 Å². The van der Waals surface area contributed by atoms with Gasteiger partial charge in [-0.3, -0.25) is 9.59 Å². The van der Waals surface area contributed by atoms with Crippen molar-refractivity contribution < 1.29 is 9.18 Å². The zero-order valence-corrected chi connectivity index (χ0v) is 18.8. The summed E-state index contributed by atoms with van der Waals surface area (Å²) in [5.41, 5.74) is 0.681. The Morgan fingerprint density at radius 3 is 2.70 bits per heavy atom. The zero-order valence-electron chi connectivity index (χ0n) is 17.3. The minimum atomic E-state index is -0.606. The molecule has 5 rings (SSSR count). The van der Waals surface area contributed by atoms with E-state index in [1.165, 1.54) is 12.1 Å². The van der Waals surface area contributed by atoms with E-state index < -0.39 is 11.7 Å². The average molecular weight is 509 g/mol. The van der Waals surface area contributed by atoms with Crippen molar-refractivity contribution in [1.29, 1.82) is 0 Å². The van der Waals surface area contributed by atoms with Crippen LogP contribution in [0.2, 0.25) is 0 Å². The van der Waals surface area contributed by atoms with Crippen LogP contribution >= 0.6 is 15.9 Å². The molecule has 166 valence electrons. The first-order chi connectivity index (χ1) is 16.0. The number of nitrogens with one attached hydrogen (secondary N) is 2. The van der Waals surface area contributed by atoms with Gasteiger partial charge in [-0.1, -0.05) is 18.2 Å². The largest absolute Gasteiger partial charge is 0.350 e. The number of H-pyrrole nitrogens is 1. The van der Waals surface area contributed by atoms with E-state index >= 15 is 0 Å². The van der Waals surface area contributed by atoms with Gasteiger partial charge in [0.15, 0.2) is 0 Å². The van der Waals surface area contributed by atoms with E-state index in [1.54, 1.807) is 47.6 Å². The van der Waals surface area contributed by atoms with Crippen molar-refractivity contribution in [2.24, 2.45) is 0 Å². The summed E-state index contributed by atoms with van der Waals surface area (Å²) in [5.74, 6) is -0.532. The summed E-state index contributed by atoms with van der Waals surface area (Å²) < 4.78 is 15.5. The summed E-state index contributed by atoms with van der Waals surface area (Å²) in [6.45, 7) is 0.887. The fourth-order valence-corrected chi connectivity index (χ4v) is 4.18. The smallest absolute Gasteiger partial charge is 0.272 e. The van der Waals surface area contributed by atoms with E-state index in [4.69, 9.17) is 0 Å². The molecule has 0 radical (unpaired) electrons. The molecule has 0 saturated carbocycles. The average Bonchev–Trinajstić information content (AvgIpc) is 3.30. The highest BCUT2D eigenvalue weighted by Crippen LogP contribution is 2.27. The number of nitrogens with zero attached hydrogens (tertiary/aromatic N) is 4. The fourth-order valence-electron chi connectivity index (χ4n) is 3.97. The Bertz CT molecular complexity index is 1410. The summed E-state index contributed by atoms with van der Waals surface area (Å²) in [5, 5.41) is 10.9. The monoisotopic (exact) mass is 508 g/mol. The molecule has 2 aromatic carbocycles. The number of carbonyl (C=O) groups is 1. The van der Waals surface area contributed by atoms with Crippen molar-refractivity contribution in [3.63, 3.8) is 0 Å². The highest BCUT2D eigenvalue weighted by molar-refractivity contribution is 9.10. The van der Waals surface area contributed by atoms with Crippen molar-refractivity contribution in [3.05, 3.63) is 81.1 Å². The lowest BCUT2D eigenvalue weighted by molar-refractivity contribution is 0.0787. The van der Waals surface area contributed by atoms with Crippen LogP contribution in [0.25, 0.3) is 22.0 Å². The van der Waals surface area contributed by atoms with Crippen LogP contribution in [0.15, 0.2) is 64.1 Å². The number of amides is 1. The van der Waals surface area contributed by atoms with E-state index in [2.05, 4.69) is 41.4 Å². The van der Waals surface area contributed by atoms with Crippen molar-refractivity contribution >= 4 is 38.6 Å². The number of anilines is 1. The Morgan fingerprint density at radius 2 is 1.91 bits per heavy atom. The predicted molar refractivity (Wildman–Crippen MR) is 125 cm³/mol. The molecule has 0 bridgehead atoms. The lowest BCUT2D eigenvalue weighted by Crippen LogP contribution is -2.32. The molecule has 0 aliphatic carbocycles. The number of hydrogen-bond acceptors (Lipinski definition) is 6. The number of hydrogen-bond donors (Lipinski definition) is 2. The highest BCUT2D eigenvalue weighted by Gasteiger charge is 2.29. The number of likely N-dealkylation sites (tertiary alicyclic amines) is 1. The van der Waals surface area contributed by atoms with Gasteiger partial charge in [0.25, 0.3) is 11.5 Å². The molecule has 2 N–H and O–H groups in total. The predicted octanol–water partition coefficient (Wildman–Crippen LogP) is 3.61. The Labute approximate surface area is 196 Å². The van der Waals surface area contributed by atoms with Crippen LogP contribution in [-0.2, 0) is 0 Å². The topological polar surface area (TPSA) is 104 Å². The van der Waals surface area contributed by atoms with Crippen LogP contribution in [0.4, 0.5) is 10.3 Å². The Balaban J connectivity index is 1.40. The molecule has 1 saturated heterocycles. The lowest BCUT2D eigenvalue weighted by atomic mass is 10.0. The molecule has 0 unspecified atom stereocenters. The third-order valence-electron chi connectivity index (χ3n) is 5.60. The minimum absolute atomic E-state index is 0.0359. The minimum Gasteiger partial charge on any atom is -0.350 e. The molecule has 4 aromatic rings. The molecule has 1 atom stereocenters. The van der Waals surface area contributed by atoms with Crippen molar-refractivity contribution in [1.82, 2.24) is 25.1 Å². The second kappa shape index (κ2) is 8.70. The van der Waals surface area contributed by atoms with Gasteiger partial charge in [-0.2, -0.15) is 5.10 Å². The number of benzene rings is 2. The quantitative estimate of drug-likeness (QED) is 0.436. The lowest BCUT2D eigenvalue weighted by Gasteiger charge is -2.18. The molecule has 2 aromatic heterocycles. The number of carbonyl (C=O) groups excluding carboxylic acids is 1. The van der Waals surface area contributed by atoms with Crippen LogP contribution in [0.3, 0.4) is 0 Å². The van der Waals surface area contributed by atoms with Crippen LogP contribution in [0.1, 0.15) is 16.8 Å². The first kappa shape index (κ1) is 21.2. The third-order valence-corrected chi connectivity index (χ3v) is 6.00. The maximum absolute atomic E-state index is 14.7. The Kier molecular flexibility index (Phi) is 5.59. The standard InChI is InChI=1S/C23H18BrFN6O2/c24-14-10-26-23(27-11-14)28-15-7-8-31(12-15)22(33)18-9-13(5-6-19(18)25)20-16-3-1-2-4-17(16)21(32)30-29-20/h1-6,9-11,15H,7-8,12H2,(H,30,32)(H,26,27,28)/t15-/m1/s1. The first-order valence-corrected chi connectivity index (χ1v) is 11.1. The Morgan fingerprint density at radius 1 is 1.15 bits per heavy atom. The SMILES string of the molecule is O=C(c1cc(-c2n[nH]c(=O)c3ccccc23)ccc1F)N1CC[C@@H](Nc2ncc(Br)cn2)C1. The van der Waals surface area contributed by atoms with Crippen molar-refractivity contribution in [2.75, 3.05) is 18.4 Å².